The number of hydrogen-bond donors (Lipinski definition) is 2. The third kappa shape index (κ3) is 5.34. The number of hydrogen-bond acceptors (Lipinski definition) is 6. The van der Waals surface area contributed by atoms with Crippen LogP contribution in [0.1, 0.15) is 34.8 Å². The first-order valence-corrected chi connectivity index (χ1v) is 13.7. The summed E-state index contributed by atoms with van der Waals surface area (Å²) >= 11 is 0. The van der Waals surface area contributed by atoms with E-state index in [-0.39, 0.29) is 18.5 Å². The Balaban J connectivity index is 1.37. The molecule has 0 saturated carbocycles. The number of carbonyl (C=O) groups excluding carboxylic acids is 2. The van der Waals surface area contributed by atoms with E-state index in [9.17, 15) is 18.0 Å². The van der Waals surface area contributed by atoms with Crippen LogP contribution in [0.25, 0.3) is 0 Å². The van der Waals surface area contributed by atoms with E-state index >= 15 is 0 Å². The molecule has 2 heterocycles. The van der Waals surface area contributed by atoms with Crippen molar-refractivity contribution in [1.82, 2.24) is 15.1 Å². The predicted molar refractivity (Wildman–Crippen MR) is 134 cm³/mol. The minimum absolute atomic E-state index is 0.0187. The van der Waals surface area contributed by atoms with Crippen molar-refractivity contribution >= 4 is 27.5 Å². The summed E-state index contributed by atoms with van der Waals surface area (Å²) in [4.78, 5) is 27.9. The summed E-state index contributed by atoms with van der Waals surface area (Å²) in [6, 6.07) is 14.3. The van der Waals surface area contributed by atoms with Gasteiger partial charge in [0.1, 0.15) is 4.87 Å². The highest BCUT2D eigenvalue weighted by atomic mass is 32.2. The number of rotatable bonds is 7. The van der Waals surface area contributed by atoms with Crippen molar-refractivity contribution in [2.75, 3.05) is 44.4 Å². The van der Waals surface area contributed by atoms with Gasteiger partial charge in [0.2, 0.25) is 0 Å². The highest BCUT2D eigenvalue weighted by Crippen LogP contribution is 2.27. The van der Waals surface area contributed by atoms with Gasteiger partial charge in [-0.15, -0.1) is 0 Å². The Bertz CT molecular complexity index is 1150. The Morgan fingerprint density at radius 2 is 1.60 bits per heavy atom. The fourth-order valence-corrected chi connectivity index (χ4v) is 6.27. The molecule has 10 heteroatoms. The second-order valence-electron chi connectivity index (χ2n) is 8.99. The predicted octanol–water partition coefficient (Wildman–Crippen LogP) is 2.45. The zero-order valence-electron chi connectivity index (χ0n) is 20.1. The van der Waals surface area contributed by atoms with Gasteiger partial charge in [0.05, 0.1) is 19.8 Å². The number of amides is 3. The summed E-state index contributed by atoms with van der Waals surface area (Å²) in [7, 11) is -3.50. The van der Waals surface area contributed by atoms with Crippen LogP contribution in [-0.4, -0.2) is 74.1 Å². The first-order valence-electron chi connectivity index (χ1n) is 11.8. The molecule has 2 aliphatic rings. The normalized spacial score (nSPS) is 17.9. The molecule has 0 aromatic heterocycles. The first-order chi connectivity index (χ1) is 16.7. The van der Waals surface area contributed by atoms with Gasteiger partial charge in [-0.25, -0.2) is 13.2 Å². The number of nitrogens with zero attached hydrogens (tertiary/aromatic N) is 2. The van der Waals surface area contributed by atoms with Crippen molar-refractivity contribution in [2.24, 2.45) is 0 Å². The maximum absolute atomic E-state index is 12.8. The topological polar surface area (TPSA) is 108 Å². The quantitative estimate of drug-likeness (QED) is 0.605. The van der Waals surface area contributed by atoms with Gasteiger partial charge in [-0.05, 0) is 41.8 Å². The van der Waals surface area contributed by atoms with Crippen molar-refractivity contribution in [3.05, 3.63) is 65.2 Å². The van der Waals surface area contributed by atoms with Gasteiger partial charge in [-0.2, -0.15) is 0 Å². The summed E-state index contributed by atoms with van der Waals surface area (Å²) in [5, 5.41) is 5.68. The van der Waals surface area contributed by atoms with Gasteiger partial charge < -0.3 is 20.3 Å². The molecule has 3 amide bonds. The summed E-state index contributed by atoms with van der Waals surface area (Å²) < 4.78 is 30.9. The van der Waals surface area contributed by atoms with Crippen LogP contribution in [0.4, 0.5) is 10.5 Å². The van der Waals surface area contributed by atoms with E-state index in [0.29, 0.717) is 57.1 Å². The highest BCUT2D eigenvalue weighted by molar-refractivity contribution is 7.92. The molecule has 9 nitrogen and oxygen atoms in total. The standard InChI is InChI=1S/C25H32N4O5S/c1-3-25(35(2,32)33,29-12-14-34-15-13-29)18-26-23(30)19-8-10-22(11-9-19)27-24(31)28-16-20-6-4-5-7-21(20)17-28/h4-11H,3,12-18H2,1-2H3,(H,26,30)(H,27,31). The molecule has 0 spiro atoms. The lowest BCUT2D eigenvalue weighted by atomic mass is 10.1. The summed E-state index contributed by atoms with van der Waals surface area (Å²) in [5.41, 5.74) is 3.25. The number of nitrogens with one attached hydrogen (secondary N) is 2. The van der Waals surface area contributed by atoms with Crippen LogP contribution in [-0.2, 0) is 27.7 Å². The zero-order chi connectivity index (χ0) is 25.1. The molecular formula is C25H32N4O5S. The van der Waals surface area contributed by atoms with E-state index in [2.05, 4.69) is 10.6 Å². The second kappa shape index (κ2) is 10.3. The third-order valence-electron chi connectivity index (χ3n) is 6.88. The Hall–Kier alpha value is -2.95. The van der Waals surface area contributed by atoms with Gasteiger partial charge in [-0.1, -0.05) is 31.2 Å². The summed E-state index contributed by atoms with van der Waals surface area (Å²) in [6.07, 6.45) is 1.56. The van der Waals surface area contributed by atoms with E-state index in [4.69, 9.17) is 4.74 Å². The van der Waals surface area contributed by atoms with Crippen LogP contribution in [0.2, 0.25) is 0 Å². The van der Waals surface area contributed by atoms with Gasteiger partial charge in [0.25, 0.3) is 5.91 Å². The number of carbonyl (C=O) groups is 2. The average molecular weight is 501 g/mol. The Morgan fingerprint density at radius 3 is 2.14 bits per heavy atom. The van der Waals surface area contributed by atoms with Gasteiger partial charge in [0, 0.05) is 43.7 Å². The number of benzene rings is 2. The lowest BCUT2D eigenvalue weighted by Crippen LogP contribution is -2.62. The van der Waals surface area contributed by atoms with Crippen LogP contribution in [0, 0.1) is 0 Å². The van der Waals surface area contributed by atoms with Crippen LogP contribution in [0.15, 0.2) is 48.5 Å². The molecule has 2 N–H and O–H groups in total. The Morgan fingerprint density at radius 1 is 1.00 bits per heavy atom. The first kappa shape index (κ1) is 25.2. The average Bonchev–Trinajstić information content (AvgIpc) is 3.29. The molecule has 2 aliphatic heterocycles. The lowest BCUT2D eigenvalue weighted by molar-refractivity contribution is 0.00390. The number of sulfone groups is 1. The number of ether oxygens (including phenoxy) is 1. The summed E-state index contributed by atoms with van der Waals surface area (Å²) in [6.45, 7) is 4.83. The van der Waals surface area contributed by atoms with Crippen molar-refractivity contribution in [3.63, 3.8) is 0 Å². The van der Waals surface area contributed by atoms with E-state index in [0.717, 1.165) is 11.1 Å². The Kier molecular flexibility index (Phi) is 7.44. The van der Waals surface area contributed by atoms with Crippen molar-refractivity contribution in [1.29, 1.82) is 0 Å². The van der Waals surface area contributed by atoms with Crippen LogP contribution < -0.4 is 10.6 Å². The van der Waals surface area contributed by atoms with Crippen molar-refractivity contribution in [2.45, 2.75) is 31.3 Å². The van der Waals surface area contributed by atoms with Crippen LogP contribution in [0.3, 0.4) is 0 Å². The van der Waals surface area contributed by atoms with E-state index in [1.54, 1.807) is 29.2 Å². The minimum atomic E-state index is -3.50. The molecule has 0 bridgehead atoms. The van der Waals surface area contributed by atoms with E-state index < -0.39 is 14.7 Å². The zero-order valence-corrected chi connectivity index (χ0v) is 20.9. The fourth-order valence-electron chi connectivity index (χ4n) is 4.76. The summed E-state index contributed by atoms with van der Waals surface area (Å²) in [5.74, 6) is -0.368. The monoisotopic (exact) mass is 500 g/mol. The molecule has 188 valence electrons. The second-order valence-corrected chi connectivity index (χ2v) is 11.3. The highest BCUT2D eigenvalue weighted by Gasteiger charge is 2.45. The molecule has 4 rings (SSSR count). The van der Waals surface area contributed by atoms with Crippen molar-refractivity contribution in [3.8, 4) is 0 Å². The molecule has 35 heavy (non-hydrogen) atoms. The molecule has 1 fully saturated rings. The maximum Gasteiger partial charge on any atom is 0.322 e. The van der Waals surface area contributed by atoms with E-state index in [1.165, 1.54) is 6.26 Å². The molecule has 2 aromatic carbocycles. The molecule has 1 atom stereocenters. The van der Waals surface area contributed by atoms with Gasteiger partial charge in [-0.3, -0.25) is 9.69 Å². The number of morpholine rings is 1. The molecule has 0 radical (unpaired) electrons. The van der Waals surface area contributed by atoms with Crippen molar-refractivity contribution < 1.29 is 22.7 Å². The SMILES string of the molecule is CCC(CNC(=O)c1ccc(NC(=O)N2Cc3ccccc3C2)cc1)(N1CCOCC1)S(C)(=O)=O. The molecule has 1 saturated heterocycles. The minimum Gasteiger partial charge on any atom is -0.379 e. The lowest BCUT2D eigenvalue weighted by Gasteiger charge is -2.43. The molecule has 2 aromatic rings. The van der Waals surface area contributed by atoms with Gasteiger partial charge in [0.15, 0.2) is 9.84 Å². The molecular weight excluding hydrogens is 468 g/mol. The third-order valence-corrected chi connectivity index (χ3v) is 8.95. The number of fused-ring (bicyclic) bond motifs is 1. The smallest absolute Gasteiger partial charge is 0.322 e. The molecule has 1 unspecified atom stereocenters. The molecule has 0 aliphatic carbocycles. The largest absolute Gasteiger partial charge is 0.379 e. The van der Waals surface area contributed by atoms with Crippen LogP contribution in [0.5, 0.6) is 0 Å². The number of urea groups is 1. The Labute approximate surface area is 206 Å². The van der Waals surface area contributed by atoms with E-state index in [1.807, 2.05) is 36.1 Å². The maximum atomic E-state index is 12.8. The van der Waals surface area contributed by atoms with Crippen LogP contribution >= 0.6 is 0 Å². The van der Waals surface area contributed by atoms with Gasteiger partial charge >= 0.3 is 6.03 Å². The fraction of sp³-hybridized carbons (Fsp3) is 0.440. The number of anilines is 1.